The van der Waals surface area contributed by atoms with Crippen molar-refractivity contribution in [2.75, 3.05) is 18.6 Å². The van der Waals surface area contributed by atoms with E-state index in [1.165, 1.54) is 0 Å². The van der Waals surface area contributed by atoms with Crippen LogP contribution in [0.15, 0.2) is 36.4 Å². The Morgan fingerprint density at radius 3 is 2.70 bits per heavy atom. The first-order valence-electron chi connectivity index (χ1n) is 7.53. The summed E-state index contributed by atoms with van der Waals surface area (Å²) in [4.78, 5) is 0. The first kappa shape index (κ1) is 17.1. The predicted octanol–water partition coefficient (Wildman–Crippen LogP) is 1.17. The first-order chi connectivity index (χ1) is 11.1. The number of nitrogens with two attached hydrogens (primary N) is 1. The summed E-state index contributed by atoms with van der Waals surface area (Å²) in [6, 6.07) is 11.4. The summed E-state index contributed by atoms with van der Waals surface area (Å²) < 4.78 is 5.64. The second kappa shape index (κ2) is 8.42. The molecule has 2 aromatic rings. The van der Waals surface area contributed by atoms with Crippen molar-refractivity contribution >= 4 is 5.82 Å². The van der Waals surface area contributed by atoms with Crippen LogP contribution in [0.4, 0.5) is 5.82 Å². The van der Waals surface area contributed by atoms with Crippen molar-refractivity contribution in [1.82, 2.24) is 15.5 Å². The van der Waals surface area contributed by atoms with Crippen LogP contribution in [0.1, 0.15) is 13.8 Å². The molecule has 0 aliphatic heterocycles. The molecule has 1 aromatic heterocycles. The van der Waals surface area contributed by atoms with Gasteiger partial charge in [-0.3, -0.25) is 0 Å². The second-order valence-corrected chi connectivity index (χ2v) is 5.50. The van der Waals surface area contributed by atoms with Gasteiger partial charge in [-0.05, 0) is 24.3 Å². The maximum atomic E-state index is 9.87. The van der Waals surface area contributed by atoms with Crippen LogP contribution in [0, 0.1) is 0 Å². The minimum atomic E-state index is -0.559. The third-order valence-corrected chi connectivity index (χ3v) is 3.15. The van der Waals surface area contributed by atoms with Crippen LogP contribution in [-0.4, -0.2) is 40.6 Å². The molecule has 0 aliphatic rings. The SMILES string of the molecule is CC(C)NCC(O)COc1cccc(-c2ccc(NN)nn2)c1. The molecule has 1 aromatic carbocycles. The molecule has 1 unspecified atom stereocenters. The van der Waals surface area contributed by atoms with E-state index in [1.54, 1.807) is 6.07 Å². The minimum Gasteiger partial charge on any atom is -0.491 e. The summed E-state index contributed by atoms with van der Waals surface area (Å²) in [6.07, 6.45) is -0.559. The molecule has 1 heterocycles. The number of hydrogen-bond acceptors (Lipinski definition) is 7. The van der Waals surface area contributed by atoms with Crippen LogP contribution in [0.2, 0.25) is 0 Å². The lowest BCUT2D eigenvalue weighted by Gasteiger charge is -2.15. The van der Waals surface area contributed by atoms with Gasteiger partial charge in [0, 0.05) is 18.2 Å². The topological polar surface area (TPSA) is 105 Å². The number of hydrogen-bond donors (Lipinski definition) is 4. The molecular formula is C16H23N5O2. The Hall–Kier alpha value is -2.22. The number of ether oxygens (including phenoxy) is 1. The molecular weight excluding hydrogens is 294 g/mol. The Kier molecular flexibility index (Phi) is 6.28. The number of anilines is 1. The maximum absolute atomic E-state index is 9.87. The Morgan fingerprint density at radius 1 is 1.22 bits per heavy atom. The van der Waals surface area contributed by atoms with Gasteiger partial charge in [-0.1, -0.05) is 26.0 Å². The highest BCUT2D eigenvalue weighted by Gasteiger charge is 2.07. The monoisotopic (exact) mass is 317 g/mol. The van der Waals surface area contributed by atoms with E-state index in [2.05, 4.69) is 20.9 Å². The number of nitrogens with one attached hydrogen (secondary N) is 2. The third-order valence-electron chi connectivity index (χ3n) is 3.15. The minimum absolute atomic E-state index is 0.227. The zero-order chi connectivity index (χ0) is 16.7. The van der Waals surface area contributed by atoms with Crippen molar-refractivity contribution in [3.63, 3.8) is 0 Å². The van der Waals surface area contributed by atoms with Crippen molar-refractivity contribution < 1.29 is 9.84 Å². The summed E-state index contributed by atoms with van der Waals surface area (Å²) in [5.74, 6) is 6.45. The quantitative estimate of drug-likeness (QED) is 0.428. The van der Waals surface area contributed by atoms with E-state index in [0.29, 0.717) is 24.2 Å². The van der Waals surface area contributed by atoms with Gasteiger partial charge in [0.25, 0.3) is 0 Å². The van der Waals surface area contributed by atoms with Crippen molar-refractivity contribution in [2.45, 2.75) is 26.0 Å². The molecule has 2 rings (SSSR count). The normalized spacial score (nSPS) is 12.2. The molecule has 0 amide bonds. The highest BCUT2D eigenvalue weighted by molar-refractivity contribution is 5.61. The van der Waals surface area contributed by atoms with Crippen LogP contribution in [0.3, 0.4) is 0 Å². The molecule has 0 saturated heterocycles. The van der Waals surface area contributed by atoms with E-state index in [9.17, 15) is 5.11 Å². The lowest BCUT2D eigenvalue weighted by Crippen LogP contribution is -2.35. The maximum Gasteiger partial charge on any atom is 0.162 e. The fraction of sp³-hybridized carbons (Fsp3) is 0.375. The van der Waals surface area contributed by atoms with Crippen molar-refractivity contribution in [1.29, 1.82) is 0 Å². The summed E-state index contributed by atoms with van der Waals surface area (Å²) in [5.41, 5.74) is 4.04. The Balaban J connectivity index is 1.96. The van der Waals surface area contributed by atoms with E-state index in [-0.39, 0.29) is 6.61 Å². The number of nitrogen functional groups attached to an aromatic ring is 1. The third kappa shape index (κ3) is 5.48. The summed E-state index contributed by atoms with van der Waals surface area (Å²) in [7, 11) is 0. The van der Waals surface area contributed by atoms with Gasteiger partial charge in [0.2, 0.25) is 0 Å². The average molecular weight is 317 g/mol. The molecule has 0 radical (unpaired) electrons. The fourth-order valence-corrected chi connectivity index (χ4v) is 1.93. The fourth-order valence-electron chi connectivity index (χ4n) is 1.93. The van der Waals surface area contributed by atoms with Gasteiger partial charge in [-0.2, -0.15) is 0 Å². The first-order valence-corrected chi connectivity index (χ1v) is 7.53. The predicted molar refractivity (Wildman–Crippen MR) is 89.9 cm³/mol. The van der Waals surface area contributed by atoms with Crippen LogP contribution in [0.25, 0.3) is 11.3 Å². The van der Waals surface area contributed by atoms with Crippen LogP contribution >= 0.6 is 0 Å². The zero-order valence-corrected chi connectivity index (χ0v) is 13.4. The molecule has 0 spiro atoms. The lowest BCUT2D eigenvalue weighted by atomic mass is 10.1. The van der Waals surface area contributed by atoms with Crippen LogP contribution in [0.5, 0.6) is 5.75 Å². The smallest absolute Gasteiger partial charge is 0.162 e. The lowest BCUT2D eigenvalue weighted by molar-refractivity contribution is 0.104. The van der Waals surface area contributed by atoms with Crippen molar-refractivity contribution in [2.24, 2.45) is 5.84 Å². The summed E-state index contributed by atoms with van der Waals surface area (Å²) in [5, 5.41) is 21.1. The molecule has 23 heavy (non-hydrogen) atoms. The van der Waals surface area contributed by atoms with Gasteiger partial charge in [0.15, 0.2) is 5.82 Å². The molecule has 1 atom stereocenters. The number of aromatic nitrogens is 2. The van der Waals surface area contributed by atoms with E-state index in [0.717, 1.165) is 11.3 Å². The molecule has 7 heteroatoms. The van der Waals surface area contributed by atoms with Gasteiger partial charge in [-0.15, -0.1) is 10.2 Å². The standard InChI is InChI=1S/C16H23N5O2/c1-11(2)18-9-13(22)10-23-14-5-3-4-12(8-14)15-6-7-16(19-17)21-20-15/h3-8,11,13,18,22H,9-10,17H2,1-2H3,(H,19,21). The number of hydrazine groups is 1. The Bertz CT molecular complexity index is 604. The number of nitrogens with zero attached hydrogens (tertiary/aromatic N) is 2. The molecule has 0 fully saturated rings. The summed E-state index contributed by atoms with van der Waals surface area (Å²) >= 11 is 0. The largest absolute Gasteiger partial charge is 0.491 e. The molecule has 0 aliphatic carbocycles. The van der Waals surface area contributed by atoms with E-state index < -0.39 is 6.10 Å². The van der Waals surface area contributed by atoms with Gasteiger partial charge >= 0.3 is 0 Å². The molecule has 7 nitrogen and oxygen atoms in total. The van der Waals surface area contributed by atoms with Gasteiger partial charge in [0.1, 0.15) is 18.5 Å². The highest BCUT2D eigenvalue weighted by atomic mass is 16.5. The van der Waals surface area contributed by atoms with Crippen LogP contribution < -0.4 is 21.3 Å². The van der Waals surface area contributed by atoms with E-state index >= 15 is 0 Å². The Morgan fingerprint density at radius 2 is 2.04 bits per heavy atom. The average Bonchev–Trinajstić information content (AvgIpc) is 2.58. The molecule has 0 bridgehead atoms. The number of aliphatic hydroxyl groups excluding tert-OH is 1. The number of aliphatic hydroxyl groups is 1. The Labute approximate surface area is 135 Å². The zero-order valence-electron chi connectivity index (χ0n) is 13.4. The summed E-state index contributed by atoms with van der Waals surface area (Å²) in [6.45, 7) is 4.79. The van der Waals surface area contributed by atoms with E-state index in [1.807, 2.05) is 44.2 Å². The van der Waals surface area contributed by atoms with Crippen molar-refractivity contribution in [3.05, 3.63) is 36.4 Å². The highest BCUT2D eigenvalue weighted by Crippen LogP contribution is 2.22. The molecule has 0 saturated carbocycles. The van der Waals surface area contributed by atoms with Gasteiger partial charge in [-0.25, -0.2) is 5.84 Å². The number of rotatable bonds is 8. The second-order valence-electron chi connectivity index (χ2n) is 5.50. The van der Waals surface area contributed by atoms with Crippen molar-refractivity contribution in [3.8, 4) is 17.0 Å². The van der Waals surface area contributed by atoms with Gasteiger partial charge < -0.3 is 20.6 Å². The molecule has 124 valence electrons. The molecule has 5 N–H and O–H groups in total. The van der Waals surface area contributed by atoms with E-state index in [4.69, 9.17) is 10.6 Å². The van der Waals surface area contributed by atoms with Gasteiger partial charge in [0.05, 0.1) is 5.69 Å². The number of benzene rings is 1. The van der Waals surface area contributed by atoms with Crippen LogP contribution in [-0.2, 0) is 0 Å².